The van der Waals surface area contributed by atoms with E-state index in [1.807, 2.05) is 0 Å². The van der Waals surface area contributed by atoms with Gasteiger partial charge >= 0.3 is 6.01 Å². The number of anilines is 2. The van der Waals surface area contributed by atoms with Crippen LogP contribution in [0.4, 0.5) is 11.9 Å². The molecule has 1 rings (SSSR count). The minimum atomic E-state index is 0.395. The predicted molar refractivity (Wildman–Crippen MR) is 78.0 cm³/mol. The number of rotatable bonds is 9. The van der Waals surface area contributed by atoms with Crippen molar-refractivity contribution < 1.29 is 4.74 Å². The second kappa shape index (κ2) is 8.50. The Balaban J connectivity index is 2.89. The van der Waals surface area contributed by atoms with Crippen LogP contribution < -0.4 is 15.0 Å². The fourth-order valence-corrected chi connectivity index (χ4v) is 1.61. The first-order valence-corrected chi connectivity index (χ1v) is 7.06. The second-order valence-electron chi connectivity index (χ2n) is 4.27. The van der Waals surface area contributed by atoms with E-state index in [4.69, 9.17) is 4.74 Å². The Morgan fingerprint density at radius 3 is 2.47 bits per heavy atom. The van der Waals surface area contributed by atoms with E-state index >= 15 is 0 Å². The lowest BCUT2D eigenvalue weighted by atomic mass is 10.3. The van der Waals surface area contributed by atoms with Gasteiger partial charge in [0.05, 0.1) is 6.61 Å². The molecule has 19 heavy (non-hydrogen) atoms. The van der Waals surface area contributed by atoms with Gasteiger partial charge in [-0.3, -0.25) is 0 Å². The van der Waals surface area contributed by atoms with Crippen LogP contribution in [0, 0.1) is 0 Å². The van der Waals surface area contributed by atoms with Crippen molar-refractivity contribution in [1.82, 2.24) is 15.0 Å². The number of ether oxygens (including phenoxy) is 1. The monoisotopic (exact) mass is 267 g/mol. The number of hydrogen-bond acceptors (Lipinski definition) is 6. The summed E-state index contributed by atoms with van der Waals surface area (Å²) >= 11 is 0. The molecular weight excluding hydrogens is 242 g/mol. The molecular formula is C13H25N5O. The van der Waals surface area contributed by atoms with Gasteiger partial charge in [0.25, 0.3) is 0 Å². The fraction of sp³-hybridized carbons (Fsp3) is 0.769. The summed E-state index contributed by atoms with van der Waals surface area (Å²) in [6.07, 6.45) is 3.21. The predicted octanol–water partition coefficient (Wildman–Crippen LogP) is 2.33. The summed E-state index contributed by atoms with van der Waals surface area (Å²) in [5.41, 5.74) is 0. The SMILES string of the molecule is CCCCN(CC)c1nc(NC)nc(OCCC)n1. The van der Waals surface area contributed by atoms with Crippen LogP contribution >= 0.6 is 0 Å². The van der Waals surface area contributed by atoms with Gasteiger partial charge in [-0.1, -0.05) is 20.3 Å². The molecule has 1 heterocycles. The molecule has 0 radical (unpaired) electrons. The third-order valence-electron chi connectivity index (χ3n) is 2.71. The Hall–Kier alpha value is -1.59. The fourth-order valence-electron chi connectivity index (χ4n) is 1.61. The Kier molecular flexibility index (Phi) is 6.92. The van der Waals surface area contributed by atoms with E-state index in [9.17, 15) is 0 Å². The molecule has 0 saturated carbocycles. The van der Waals surface area contributed by atoms with Gasteiger partial charge in [0, 0.05) is 20.1 Å². The highest BCUT2D eigenvalue weighted by atomic mass is 16.5. The lowest BCUT2D eigenvalue weighted by Gasteiger charge is -2.21. The molecule has 0 aliphatic carbocycles. The van der Waals surface area contributed by atoms with Crippen LogP contribution in [0.5, 0.6) is 6.01 Å². The highest BCUT2D eigenvalue weighted by Crippen LogP contribution is 2.15. The first-order chi connectivity index (χ1) is 9.24. The van der Waals surface area contributed by atoms with E-state index < -0.39 is 0 Å². The maximum atomic E-state index is 5.51. The lowest BCUT2D eigenvalue weighted by molar-refractivity contribution is 0.292. The molecule has 1 N–H and O–H groups in total. The van der Waals surface area contributed by atoms with Gasteiger partial charge < -0.3 is 15.0 Å². The molecule has 0 aromatic carbocycles. The van der Waals surface area contributed by atoms with Crippen molar-refractivity contribution in [3.63, 3.8) is 0 Å². The maximum absolute atomic E-state index is 5.51. The third kappa shape index (κ3) is 4.89. The molecule has 0 unspecified atom stereocenters. The topological polar surface area (TPSA) is 63.2 Å². The van der Waals surface area contributed by atoms with Gasteiger partial charge in [-0.2, -0.15) is 15.0 Å². The molecule has 108 valence electrons. The van der Waals surface area contributed by atoms with E-state index in [-0.39, 0.29) is 0 Å². The van der Waals surface area contributed by atoms with E-state index in [0.717, 1.165) is 32.4 Å². The van der Waals surface area contributed by atoms with Gasteiger partial charge in [0.1, 0.15) is 0 Å². The van der Waals surface area contributed by atoms with E-state index in [2.05, 4.69) is 45.9 Å². The number of hydrogen-bond donors (Lipinski definition) is 1. The van der Waals surface area contributed by atoms with Crippen molar-refractivity contribution in [3.8, 4) is 6.01 Å². The normalized spacial score (nSPS) is 10.3. The second-order valence-corrected chi connectivity index (χ2v) is 4.27. The van der Waals surface area contributed by atoms with E-state index in [1.54, 1.807) is 7.05 Å². The molecule has 0 saturated heterocycles. The molecule has 1 aromatic heterocycles. The largest absolute Gasteiger partial charge is 0.463 e. The zero-order valence-electron chi connectivity index (χ0n) is 12.4. The van der Waals surface area contributed by atoms with E-state index in [1.165, 1.54) is 0 Å². The molecule has 6 nitrogen and oxygen atoms in total. The Morgan fingerprint density at radius 1 is 1.11 bits per heavy atom. The van der Waals surface area contributed by atoms with Crippen LogP contribution in [0.25, 0.3) is 0 Å². The first-order valence-electron chi connectivity index (χ1n) is 7.06. The summed E-state index contributed by atoms with van der Waals surface area (Å²) in [5, 5.41) is 2.95. The molecule has 1 aromatic rings. The average Bonchev–Trinajstić information content (AvgIpc) is 2.45. The Bertz CT molecular complexity index is 372. The van der Waals surface area contributed by atoms with E-state index in [0.29, 0.717) is 24.5 Å². The van der Waals surface area contributed by atoms with Crippen LogP contribution in [0.1, 0.15) is 40.0 Å². The summed E-state index contributed by atoms with van der Waals surface area (Å²) < 4.78 is 5.51. The summed E-state index contributed by atoms with van der Waals surface area (Å²) in [6, 6.07) is 0.395. The standard InChI is InChI=1S/C13H25N5O/c1-5-8-9-18(7-3)12-15-11(14-4)16-13(17-12)19-10-6-2/h5-10H2,1-4H3,(H,14,15,16,17). The molecule has 0 aliphatic heterocycles. The molecule has 0 amide bonds. The van der Waals surface area contributed by atoms with Crippen molar-refractivity contribution in [2.24, 2.45) is 0 Å². The van der Waals surface area contributed by atoms with Crippen LogP contribution in [-0.4, -0.2) is 41.7 Å². The lowest BCUT2D eigenvalue weighted by Crippen LogP contribution is -2.26. The van der Waals surface area contributed by atoms with Crippen molar-refractivity contribution in [1.29, 1.82) is 0 Å². The maximum Gasteiger partial charge on any atom is 0.323 e. The molecule has 0 spiro atoms. The molecule has 6 heteroatoms. The first kappa shape index (κ1) is 15.5. The van der Waals surface area contributed by atoms with Crippen molar-refractivity contribution in [3.05, 3.63) is 0 Å². The van der Waals surface area contributed by atoms with Gasteiger partial charge in [0.15, 0.2) is 0 Å². The van der Waals surface area contributed by atoms with Crippen LogP contribution in [0.15, 0.2) is 0 Å². The number of nitrogens with one attached hydrogen (secondary N) is 1. The third-order valence-corrected chi connectivity index (χ3v) is 2.71. The summed E-state index contributed by atoms with van der Waals surface area (Å²) in [6.45, 7) is 8.78. The zero-order chi connectivity index (χ0) is 14.1. The minimum Gasteiger partial charge on any atom is -0.463 e. The van der Waals surface area contributed by atoms with Gasteiger partial charge in [0.2, 0.25) is 11.9 Å². The molecule has 0 atom stereocenters. The van der Waals surface area contributed by atoms with Gasteiger partial charge in [-0.25, -0.2) is 0 Å². The van der Waals surface area contributed by atoms with Crippen LogP contribution in [-0.2, 0) is 0 Å². The highest BCUT2D eigenvalue weighted by Gasteiger charge is 2.12. The summed E-state index contributed by atoms with van der Waals surface area (Å²) in [7, 11) is 1.80. The summed E-state index contributed by atoms with van der Waals surface area (Å²) in [4.78, 5) is 15.1. The quantitative estimate of drug-likeness (QED) is 0.741. The summed E-state index contributed by atoms with van der Waals surface area (Å²) in [5.74, 6) is 1.23. The number of unbranched alkanes of at least 4 members (excludes halogenated alkanes) is 1. The molecule has 0 aliphatic rings. The Labute approximate surface area is 115 Å². The van der Waals surface area contributed by atoms with Gasteiger partial charge in [-0.05, 0) is 19.8 Å². The van der Waals surface area contributed by atoms with Crippen molar-refractivity contribution >= 4 is 11.9 Å². The highest BCUT2D eigenvalue weighted by molar-refractivity contribution is 5.37. The molecule has 0 bridgehead atoms. The smallest absolute Gasteiger partial charge is 0.323 e. The van der Waals surface area contributed by atoms with Crippen LogP contribution in [0.3, 0.4) is 0 Å². The minimum absolute atomic E-state index is 0.395. The average molecular weight is 267 g/mol. The van der Waals surface area contributed by atoms with Crippen LogP contribution in [0.2, 0.25) is 0 Å². The number of nitrogens with zero attached hydrogens (tertiary/aromatic N) is 4. The van der Waals surface area contributed by atoms with Crippen molar-refractivity contribution in [2.75, 3.05) is 37.0 Å². The molecule has 0 fully saturated rings. The zero-order valence-corrected chi connectivity index (χ0v) is 12.4. The van der Waals surface area contributed by atoms with Crippen molar-refractivity contribution in [2.45, 2.75) is 40.0 Å². The number of aromatic nitrogens is 3. The Morgan fingerprint density at radius 2 is 1.89 bits per heavy atom. The van der Waals surface area contributed by atoms with Gasteiger partial charge in [-0.15, -0.1) is 0 Å².